The van der Waals surface area contributed by atoms with Gasteiger partial charge in [0.1, 0.15) is 0 Å². The molecule has 0 spiro atoms. The summed E-state index contributed by atoms with van der Waals surface area (Å²) < 4.78 is 11.9. The van der Waals surface area contributed by atoms with Crippen LogP contribution in [0.3, 0.4) is 0 Å². The number of likely N-dealkylation sites (N-methyl/N-ethyl adjacent to an activating group) is 1. The Kier molecular flexibility index (Phi) is 3.59. The molecule has 0 aliphatic carbocycles. The molecule has 5 heteroatoms. The van der Waals surface area contributed by atoms with Crippen molar-refractivity contribution in [1.29, 1.82) is 0 Å². The topological polar surface area (TPSA) is 55.8 Å². The molecule has 1 aromatic rings. The summed E-state index contributed by atoms with van der Waals surface area (Å²) in [6.45, 7) is 5.84. The van der Waals surface area contributed by atoms with Crippen LogP contribution in [0.2, 0.25) is 0 Å². The van der Waals surface area contributed by atoms with E-state index >= 15 is 0 Å². The van der Waals surface area contributed by atoms with Gasteiger partial charge in [-0.25, -0.2) is 0 Å². The van der Waals surface area contributed by atoms with E-state index in [2.05, 4.69) is 0 Å². The zero-order valence-electron chi connectivity index (χ0n) is 13.4. The lowest BCUT2D eigenvalue weighted by Crippen LogP contribution is -2.47. The number of aryl methyl sites for hydroxylation is 2. The van der Waals surface area contributed by atoms with E-state index in [9.17, 15) is 9.59 Å². The van der Waals surface area contributed by atoms with Crippen LogP contribution in [0.25, 0.3) is 0 Å². The van der Waals surface area contributed by atoms with Gasteiger partial charge in [-0.15, -0.1) is 0 Å². The Morgan fingerprint density at radius 2 is 2.00 bits per heavy atom. The Bertz CT molecular complexity index is 640. The number of ether oxygens (including phenoxy) is 2. The van der Waals surface area contributed by atoms with Crippen LogP contribution >= 0.6 is 0 Å². The van der Waals surface area contributed by atoms with E-state index in [0.717, 1.165) is 17.5 Å². The van der Waals surface area contributed by atoms with E-state index in [4.69, 9.17) is 9.47 Å². The smallest absolute Gasteiger partial charge is 0.237 e. The monoisotopic (exact) mass is 303 g/mol. The highest BCUT2D eigenvalue weighted by Gasteiger charge is 2.44. The van der Waals surface area contributed by atoms with Gasteiger partial charge in [0, 0.05) is 19.4 Å². The Morgan fingerprint density at radius 3 is 2.68 bits per heavy atom. The Balaban J connectivity index is 2.12. The van der Waals surface area contributed by atoms with E-state index in [1.165, 1.54) is 4.90 Å². The first-order valence-corrected chi connectivity index (χ1v) is 7.69. The molecular formula is C17H21NO4. The molecule has 0 saturated carbocycles. The molecule has 1 aromatic carbocycles. The predicted molar refractivity (Wildman–Crippen MR) is 80.9 cm³/mol. The third kappa shape index (κ3) is 2.25. The number of amides is 1. The van der Waals surface area contributed by atoms with Crippen molar-refractivity contribution < 1.29 is 19.1 Å². The Labute approximate surface area is 130 Å². The zero-order valence-corrected chi connectivity index (χ0v) is 13.4. The van der Waals surface area contributed by atoms with Crippen LogP contribution < -0.4 is 9.47 Å². The van der Waals surface area contributed by atoms with Gasteiger partial charge in [0.25, 0.3) is 0 Å². The summed E-state index contributed by atoms with van der Waals surface area (Å²) in [5, 5.41) is 0. The molecule has 2 heterocycles. The highest BCUT2D eigenvalue weighted by atomic mass is 16.6. The van der Waals surface area contributed by atoms with Crippen molar-refractivity contribution >= 4 is 11.7 Å². The Morgan fingerprint density at radius 1 is 1.27 bits per heavy atom. The predicted octanol–water partition coefficient (Wildman–Crippen LogP) is 2.09. The van der Waals surface area contributed by atoms with E-state index in [0.29, 0.717) is 17.9 Å². The molecule has 1 saturated heterocycles. The molecule has 0 unspecified atom stereocenters. The molecule has 3 atom stereocenters. The maximum absolute atomic E-state index is 12.7. The van der Waals surface area contributed by atoms with Crippen LogP contribution in [-0.4, -0.2) is 36.0 Å². The molecule has 1 amide bonds. The van der Waals surface area contributed by atoms with Crippen LogP contribution in [0, 0.1) is 12.8 Å². The number of hydrogen-bond donors (Lipinski definition) is 0. The van der Waals surface area contributed by atoms with Crippen molar-refractivity contribution in [2.75, 3.05) is 7.05 Å². The summed E-state index contributed by atoms with van der Waals surface area (Å²) in [6, 6.07) is 3.92. The van der Waals surface area contributed by atoms with Crippen molar-refractivity contribution in [3.05, 3.63) is 23.3 Å². The van der Waals surface area contributed by atoms with Crippen molar-refractivity contribution in [3.63, 3.8) is 0 Å². The minimum absolute atomic E-state index is 0.0851. The average Bonchev–Trinajstić information content (AvgIpc) is 2.66. The lowest BCUT2D eigenvalue weighted by atomic mass is 10.0. The van der Waals surface area contributed by atoms with Gasteiger partial charge in [0.05, 0.1) is 0 Å². The number of likely N-dealkylation sites (tertiary alicyclic amines) is 1. The number of ketones is 1. The lowest BCUT2D eigenvalue weighted by molar-refractivity contribution is -0.147. The molecule has 118 valence electrons. The Hall–Kier alpha value is -2.04. The van der Waals surface area contributed by atoms with E-state index in [1.54, 1.807) is 7.05 Å². The number of carbonyl (C=O) groups excluding carboxylic acids is 2. The summed E-state index contributed by atoms with van der Waals surface area (Å²) in [5.74, 6) is 0.662. The van der Waals surface area contributed by atoms with Crippen LogP contribution in [0.15, 0.2) is 12.1 Å². The average molecular weight is 303 g/mol. The fourth-order valence-electron chi connectivity index (χ4n) is 3.16. The third-order valence-electron chi connectivity index (χ3n) is 4.41. The SMILES string of the molecule is CCc1cc(C)cc2c1O[C@H]1C(=O)[C@H](C[C@H](C)C(=O)N1C)O2. The van der Waals surface area contributed by atoms with Crippen molar-refractivity contribution in [2.24, 2.45) is 5.92 Å². The highest BCUT2D eigenvalue weighted by Crippen LogP contribution is 2.39. The standard InChI is InChI=1S/C17H21NO4/c1-5-11-6-9(2)7-13-15(11)22-17-14(19)12(21-13)8-10(3)16(20)18(17)4/h6-7,10,12,17H,5,8H2,1-4H3/t10-,12-,17-/m0/s1. The van der Waals surface area contributed by atoms with Gasteiger partial charge in [-0.2, -0.15) is 0 Å². The van der Waals surface area contributed by atoms with Gasteiger partial charge in [-0.1, -0.05) is 19.9 Å². The molecule has 22 heavy (non-hydrogen) atoms. The number of fused-ring (bicyclic) bond motifs is 3. The number of hydrogen-bond acceptors (Lipinski definition) is 4. The first-order valence-electron chi connectivity index (χ1n) is 7.69. The summed E-state index contributed by atoms with van der Waals surface area (Å²) >= 11 is 0. The fraction of sp³-hybridized carbons (Fsp3) is 0.529. The normalized spacial score (nSPS) is 27.5. The second-order valence-corrected chi connectivity index (χ2v) is 6.17. The second kappa shape index (κ2) is 5.30. The first-order chi connectivity index (χ1) is 10.4. The molecule has 0 N–H and O–H groups in total. The molecule has 2 bridgehead atoms. The third-order valence-corrected chi connectivity index (χ3v) is 4.41. The maximum Gasteiger partial charge on any atom is 0.237 e. The quantitative estimate of drug-likeness (QED) is 0.797. The molecular weight excluding hydrogens is 282 g/mol. The van der Waals surface area contributed by atoms with Crippen LogP contribution in [-0.2, 0) is 16.0 Å². The van der Waals surface area contributed by atoms with E-state index in [1.807, 2.05) is 32.9 Å². The molecule has 3 rings (SSSR count). The first kappa shape index (κ1) is 14.9. The number of rotatable bonds is 1. The zero-order chi connectivity index (χ0) is 16.0. The summed E-state index contributed by atoms with van der Waals surface area (Å²) in [6.07, 6.45) is -0.387. The van der Waals surface area contributed by atoms with Gasteiger partial charge in [0.15, 0.2) is 17.6 Å². The summed E-state index contributed by atoms with van der Waals surface area (Å²) in [7, 11) is 1.62. The maximum atomic E-state index is 12.7. The fourth-order valence-corrected chi connectivity index (χ4v) is 3.16. The molecule has 0 radical (unpaired) electrons. The van der Waals surface area contributed by atoms with Crippen LogP contribution in [0.5, 0.6) is 11.5 Å². The minimum atomic E-state index is -0.906. The van der Waals surface area contributed by atoms with Gasteiger partial charge >= 0.3 is 0 Å². The van der Waals surface area contributed by atoms with Gasteiger partial charge < -0.3 is 14.4 Å². The van der Waals surface area contributed by atoms with Gasteiger partial charge in [-0.3, -0.25) is 9.59 Å². The van der Waals surface area contributed by atoms with Crippen LogP contribution in [0.1, 0.15) is 31.4 Å². The number of nitrogens with zero attached hydrogens (tertiary/aromatic N) is 1. The van der Waals surface area contributed by atoms with Gasteiger partial charge in [0.2, 0.25) is 17.9 Å². The summed E-state index contributed by atoms with van der Waals surface area (Å²) in [5.41, 5.74) is 2.06. The van der Waals surface area contributed by atoms with Crippen molar-refractivity contribution in [2.45, 2.75) is 45.9 Å². The molecule has 5 nitrogen and oxygen atoms in total. The van der Waals surface area contributed by atoms with Crippen molar-refractivity contribution in [3.8, 4) is 11.5 Å². The van der Waals surface area contributed by atoms with Crippen molar-refractivity contribution in [1.82, 2.24) is 4.90 Å². The molecule has 1 fully saturated rings. The van der Waals surface area contributed by atoms with Crippen LogP contribution in [0.4, 0.5) is 0 Å². The summed E-state index contributed by atoms with van der Waals surface area (Å²) in [4.78, 5) is 26.4. The lowest BCUT2D eigenvalue weighted by Gasteiger charge is -2.26. The number of carbonyl (C=O) groups is 2. The van der Waals surface area contributed by atoms with E-state index in [-0.39, 0.29) is 17.6 Å². The number of benzene rings is 1. The number of Topliss-reactive ketones (excluding diaryl/α,β-unsaturated/α-hetero) is 1. The van der Waals surface area contributed by atoms with E-state index < -0.39 is 12.3 Å². The largest absolute Gasteiger partial charge is 0.478 e. The minimum Gasteiger partial charge on any atom is -0.478 e. The molecule has 0 aromatic heterocycles. The molecule has 2 aliphatic heterocycles. The van der Waals surface area contributed by atoms with Gasteiger partial charge in [-0.05, 0) is 30.5 Å². The highest BCUT2D eigenvalue weighted by molar-refractivity contribution is 5.94. The second-order valence-electron chi connectivity index (χ2n) is 6.17. The molecule has 2 aliphatic rings.